The zero-order valence-corrected chi connectivity index (χ0v) is 21.9. The van der Waals surface area contributed by atoms with Crippen molar-refractivity contribution >= 4 is 24.7 Å². The number of esters is 1. The van der Waals surface area contributed by atoms with Crippen LogP contribution in [0.2, 0.25) is 0 Å². The Balaban J connectivity index is 1.63. The second-order valence-electron chi connectivity index (χ2n) is 8.45. The number of thiol groups is 1. The number of rotatable bonds is 15. The molecular formula is C29H34N2O5S. The van der Waals surface area contributed by atoms with Crippen molar-refractivity contribution in [3.63, 3.8) is 0 Å². The van der Waals surface area contributed by atoms with Gasteiger partial charge in [0.05, 0.1) is 19.3 Å². The summed E-state index contributed by atoms with van der Waals surface area (Å²) in [6.07, 6.45) is 2.51. The Labute approximate surface area is 224 Å². The summed E-state index contributed by atoms with van der Waals surface area (Å²) in [4.78, 5) is 22.8. The quantitative estimate of drug-likeness (QED) is 0.120. The minimum absolute atomic E-state index is 0.233. The number of carbonyl (C=O) groups is 2. The number of methoxy groups -OCH3 is 1. The highest BCUT2D eigenvalue weighted by Gasteiger charge is 2.35. The van der Waals surface area contributed by atoms with E-state index in [9.17, 15) is 9.59 Å². The second kappa shape index (κ2) is 15.0. The highest BCUT2D eigenvalue weighted by atomic mass is 32.1. The van der Waals surface area contributed by atoms with Crippen LogP contribution in [0.1, 0.15) is 36.0 Å². The third-order valence-electron chi connectivity index (χ3n) is 5.99. The standard InChI is InChI=1S/C29H34N2O5S/c1-34-26-17-15-25(16-18-26)29(23-11-5-2-6-12-23,24-13-7-3-8-14-24)30-19-9-4-10-20-36-28(33)22-35-21-27(32)31-37/h2-3,5-8,11-18,30,37H,4,9-10,19-22H2,1H3,(H,31,32). The van der Waals surface area contributed by atoms with Gasteiger partial charge in [-0.1, -0.05) is 85.6 Å². The lowest BCUT2D eigenvalue weighted by molar-refractivity contribution is -0.149. The van der Waals surface area contributed by atoms with E-state index in [1.54, 1.807) is 7.11 Å². The Morgan fingerprint density at radius 2 is 1.38 bits per heavy atom. The molecule has 0 aromatic heterocycles. The monoisotopic (exact) mass is 522 g/mol. The molecule has 37 heavy (non-hydrogen) atoms. The van der Waals surface area contributed by atoms with Gasteiger partial charge in [-0.2, -0.15) is 0 Å². The summed E-state index contributed by atoms with van der Waals surface area (Å²) in [5.41, 5.74) is 2.86. The van der Waals surface area contributed by atoms with E-state index in [1.807, 2.05) is 24.3 Å². The van der Waals surface area contributed by atoms with Gasteiger partial charge in [-0.15, -0.1) is 0 Å². The number of unbranched alkanes of at least 4 members (excludes halogenated alkanes) is 2. The van der Waals surface area contributed by atoms with Crippen molar-refractivity contribution in [3.8, 4) is 5.75 Å². The Morgan fingerprint density at radius 1 is 0.784 bits per heavy atom. The number of hydrogen-bond acceptors (Lipinski definition) is 7. The Kier molecular flexibility index (Phi) is 11.5. The molecule has 1 amide bonds. The van der Waals surface area contributed by atoms with Crippen molar-refractivity contribution in [3.05, 3.63) is 102 Å². The van der Waals surface area contributed by atoms with Crippen LogP contribution in [0.4, 0.5) is 0 Å². The van der Waals surface area contributed by atoms with E-state index in [4.69, 9.17) is 14.2 Å². The maximum Gasteiger partial charge on any atom is 0.332 e. The van der Waals surface area contributed by atoms with E-state index in [1.165, 1.54) is 0 Å². The zero-order chi connectivity index (χ0) is 26.3. The number of ether oxygens (including phenoxy) is 3. The summed E-state index contributed by atoms with van der Waals surface area (Å²) in [7, 11) is 1.67. The minimum Gasteiger partial charge on any atom is -0.497 e. The first-order valence-corrected chi connectivity index (χ1v) is 12.7. The molecule has 0 heterocycles. The van der Waals surface area contributed by atoms with Gasteiger partial charge in [0.1, 0.15) is 19.0 Å². The van der Waals surface area contributed by atoms with Crippen LogP contribution in [0.15, 0.2) is 84.9 Å². The van der Waals surface area contributed by atoms with Crippen molar-refractivity contribution < 1.29 is 23.8 Å². The van der Waals surface area contributed by atoms with Crippen molar-refractivity contribution in [2.24, 2.45) is 0 Å². The molecule has 3 aromatic carbocycles. The lowest BCUT2D eigenvalue weighted by atomic mass is 9.77. The lowest BCUT2D eigenvalue weighted by Gasteiger charge is -2.37. The van der Waals surface area contributed by atoms with Crippen LogP contribution in [0.5, 0.6) is 5.75 Å². The van der Waals surface area contributed by atoms with Crippen molar-refractivity contribution in [2.75, 3.05) is 33.5 Å². The number of carbonyl (C=O) groups excluding carboxylic acids is 2. The molecule has 0 bridgehead atoms. The van der Waals surface area contributed by atoms with Gasteiger partial charge >= 0.3 is 5.97 Å². The maximum absolute atomic E-state index is 11.7. The summed E-state index contributed by atoms with van der Waals surface area (Å²) in [5, 5.41) is 3.85. The first-order valence-electron chi connectivity index (χ1n) is 12.3. The molecule has 196 valence electrons. The summed E-state index contributed by atoms with van der Waals surface area (Å²) >= 11 is 3.62. The van der Waals surface area contributed by atoms with E-state index >= 15 is 0 Å². The molecule has 0 spiro atoms. The zero-order valence-electron chi connectivity index (χ0n) is 21.0. The van der Waals surface area contributed by atoms with E-state index in [-0.39, 0.29) is 13.2 Å². The van der Waals surface area contributed by atoms with Gasteiger partial charge in [0.25, 0.3) is 5.91 Å². The summed E-state index contributed by atoms with van der Waals surface area (Å²) < 4.78 is 17.7. The molecule has 0 unspecified atom stereocenters. The van der Waals surface area contributed by atoms with Crippen LogP contribution in [-0.4, -0.2) is 45.4 Å². The molecule has 0 fully saturated rings. The molecule has 0 saturated carbocycles. The molecule has 0 aliphatic heterocycles. The van der Waals surface area contributed by atoms with Gasteiger partial charge in [-0.3, -0.25) is 10.1 Å². The Hall–Kier alpha value is -3.33. The first kappa shape index (κ1) is 28.2. The number of nitrogens with one attached hydrogen (secondary N) is 2. The minimum atomic E-state index is -0.544. The lowest BCUT2D eigenvalue weighted by Crippen LogP contribution is -2.45. The number of amides is 1. The van der Waals surface area contributed by atoms with Gasteiger partial charge in [0, 0.05) is 0 Å². The van der Waals surface area contributed by atoms with E-state index in [0.717, 1.165) is 48.2 Å². The fourth-order valence-corrected chi connectivity index (χ4v) is 4.25. The number of benzene rings is 3. The maximum atomic E-state index is 11.7. The van der Waals surface area contributed by atoms with Crippen molar-refractivity contribution in [1.82, 2.24) is 10.0 Å². The molecule has 3 aromatic rings. The second-order valence-corrected chi connectivity index (χ2v) is 8.67. The van der Waals surface area contributed by atoms with Gasteiger partial charge in [0.2, 0.25) is 0 Å². The van der Waals surface area contributed by atoms with Gasteiger partial charge < -0.3 is 18.9 Å². The SMILES string of the molecule is COc1ccc(C(NCCCCCOC(=O)COCC(=O)NS)(c2ccccc2)c2ccccc2)cc1. The van der Waals surface area contributed by atoms with E-state index < -0.39 is 17.4 Å². The predicted octanol–water partition coefficient (Wildman–Crippen LogP) is 4.27. The highest BCUT2D eigenvalue weighted by molar-refractivity contribution is 7.78. The normalized spacial score (nSPS) is 11.1. The third-order valence-corrected chi connectivity index (χ3v) is 6.24. The van der Waals surface area contributed by atoms with Crippen LogP contribution in [0.25, 0.3) is 0 Å². The van der Waals surface area contributed by atoms with Gasteiger partial charge in [0.15, 0.2) is 0 Å². The highest BCUT2D eigenvalue weighted by Crippen LogP contribution is 2.37. The number of hydrogen-bond donors (Lipinski definition) is 3. The van der Waals surface area contributed by atoms with Crippen LogP contribution in [-0.2, 0) is 24.6 Å². The predicted molar refractivity (Wildman–Crippen MR) is 147 cm³/mol. The first-order chi connectivity index (χ1) is 18.1. The van der Waals surface area contributed by atoms with Crippen LogP contribution < -0.4 is 14.8 Å². The Morgan fingerprint density at radius 3 is 1.95 bits per heavy atom. The third kappa shape index (κ3) is 8.08. The molecule has 0 aliphatic carbocycles. The Bertz CT molecular complexity index is 1050. The molecule has 0 aliphatic rings. The average Bonchev–Trinajstić information content (AvgIpc) is 2.95. The summed E-state index contributed by atoms with van der Waals surface area (Å²) in [6, 6.07) is 29.0. The van der Waals surface area contributed by atoms with E-state index in [0.29, 0.717) is 6.61 Å². The topological polar surface area (TPSA) is 85.9 Å². The summed E-state index contributed by atoms with van der Waals surface area (Å²) in [6.45, 7) is 0.567. The fourth-order valence-electron chi connectivity index (χ4n) is 4.19. The summed E-state index contributed by atoms with van der Waals surface area (Å²) in [5.74, 6) is -0.0965. The smallest absolute Gasteiger partial charge is 0.332 e. The van der Waals surface area contributed by atoms with Crippen molar-refractivity contribution in [2.45, 2.75) is 24.8 Å². The molecule has 3 rings (SSSR count). The molecule has 0 saturated heterocycles. The molecule has 8 heteroatoms. The van der Waals surface area contributed by atoms with Crippen LogP contribution >= 0.6 is 12.8 Å². The average molecular weight is 523 g/mol. The molecular weight excluding hydrogens is 488 g/mol. The molecule has 2 N–H and O–H groups in total. The largest absolute Gasteiger partial charge is 0.497 e. The molecule has 0 atom stereocenters. The van der Waals surface area contributed by atoms with Crippen LogP contribution in [0, 0.1) is 0 Å². The molecule has 7 nitrogen and oxygen atoms in total. The fraction of sp³-hybridized carbons (Fsp3) is 0.310. The van der Waals surface area contributed by atoms with Gasteiger partial charge in [-0.05, 0) is 54.6 Å². The van der Waals surface area contributed by atoms with Crippen molar-refractivity contribution in [1.29, 1.82) is 0 Å². The van der Waals surface area contributed by atoms with Crippen LogP contribution in [0.3, 0.4) is 0 Å². The molecule has 0 radical (unpaired) electrons. The van der Waals surface area contributed by atoms with E-state index in [2.05, 4.69) is 83.5 Å². The van der Waals surface area contributed by atoms with Gasteiger partial charge in [-0.25, -0.2) is 4.79 Å².